The van der Waals surface area contributed by atoms with Crippen LogP contribution in [0, 0.1) is 6.92 Å². The van der Waals surface area contributed by atoms with E-state index in [1.807, 2.05) is 24.3 Å². The number of carbonyl (C=O) groups excluding carboxylic acids is 2. The van der Waals surface area contributed by atoms with Crippen LogP contribution in [0.5, 0.6) is 0 Å². The number of ether oxygens (including phenoxy) is 1. The molecule has 1 fully saturated rings. The first-order valence-electron chi connectivity index (χ1n) is 8.81. The van der Waals surface area contributed by atoms with Gasteiger partial charge in [0.2, 0.25) is 0 Å². The van der Waals surface area contributed by atoms with Crippen molar-refractivity contribution < 1.29 is 27.5 Å². The minimum Gasteiger partial charge on any atom is -0.465 e. The monoisotopic (exact) mass is 426 g/mol. The van der Waals surface area contributed by atoms with Crippen molar-refractivity contribution in [2.24, 2.45) is 0 Å². The van der Waals surface area contributed by atoms with Crippen molar-refractivity contribution in [1.82, 2.24) is 4.98 Å². The fourth-order valence-electron chi connectivity index (χ4n) is 2.99. The van der Waals surface area contributed by atoms with Crippen molar-refractivity contribution in [3.8, 4) is 11.3 Å². The molecular weight excluding hydrogens is 409 g/mol. The molecule has 0 aliphatic heterocycles. The molecule has 0 spiro atoms. The first-order chi connectivity index (χ1) is 13.5. The Balaban J connectivity index is 1.81. The number of nitrogens with one attached hydrogen (secondary N) is 1. The molecule has 1 N–H and O–H groups in total. The second-order valence-corrected chi connectivity index (χ2v) is 7.45. The lowest BCUT2D eigenvalue weighted by Gasteiger charge is -2.16. The maximum Gasteiger partial charge on any atom is 0.471 e. The summed E-state index contributed by atoms with van der Waals surface area (Å²) in [5, 5.41) is 1.89. The zero-order valence-electron chi connectivity index (χ0n) is 15.7. The van der Waals surface area contributed by atoms with Gasteiger partial charge in [-0.3, -0.25) is 9.59 Å². The molecule has 154 valence electrons. The third-order valence-corrected chi connectivity index (χ3v) is 5.14. The van der Waals surface area contributed by atoms with Crippen LogP contribution in [-0.2, 0) is 19.7 Å². The van der Waals surface area contributed by atoms with Gasteiger partial charge in [-0.05, 0) is 31.4 Å². The number of hydrogen-bond donors (Lipinski definition) is 1. The Morgan fingerprint density at radius 1 is 1.24 bits per heavy atom. The van der Waals surface area contributed by atoms with Crippen molar-refractivity contribution in [2.45, 2.75) is 38.3 Å². The summed E-state index contributed by atoms with van der Waals surface area (Å²) in [6, 6.07) is 8.67. The van der Waals surface area contributed by atoms with E-state index in [-0.39, 0.29) is 27.8 Å². The molecule has 0 atom stereocenters. The number of aromatic nitrogens is 1. The first kappa shape index (κ1) is 21.1. The fraction of sp³-hybridized carbons (Fsp3) is 0.350. The predicted octanol–water partition coefficient (Wildman–Crippen LogP) is 4.81. The number of amides is 1. The van der Waals surface area contributed by atoms with E-state index in [1.54, 1.807) is 5.32 Å². The molecule has 1 amide bonds. The molecule has 29 heavy (non-hydrogen) atoms. The number of aryl methyl sites for hydroxylation is 1. The number of anilines is 1. The lowest BCUT2D eigenvalue weighted by Crippen LogP contribution is -2.30. The molecule has 0 radical (unpaired) electrons. The first-order valence-corrected chi connectivity index (χ1v) is 9.19. The summed E-state index contributed by atoms with van der Waals surface area (Å²) in [7, 11) is 0. The summed E-state index contributed by atoms with van der Waals surface area (Å²) >= 11 is 6.21. The number of carbonyl (C=O) groups is 2. The van der Waals surface area contributed by atoms with E-state index in [0.29, 0.717) is 17.9 Å². The lowest BCUT2D eigenvalue weighted by molar-refractivity contribution is -0.167. The van der Waals surface area contributed by atoms with E-state index in [0.717, 1.165) is 18.4 Å². The lowest BCUT2D eigenvalue weighted by atomic mass is 9.95. The third kappa shape index (κ3) is 4.70. The summed E-state index contributed by atoms with van der Waals surface area (Å²) in [4.78, 5) is 26.5. The molecule has 2 aromatic rings. The van der Waals surface area contributed by atoms with Crippen LogP contribution in [0.25, 0.3) is 11.3 Å². The number of hydrogen-bond acceptors (Lipinski definition) is 4. The molecule has 1 heterocycles. The highest BCUT2D eigenvalue weighted by molar-refractivity contribution is 6.33. The van der Waals surface area contributed by atoms with Crippen LogP contribution in [0.1, 0.15) is 31.0 Å². The quantitative estimate of drug-likeness (QED) is 0.697. The second-order valence-electron chi connectivity index (χ2n) is 7.04. The molecule has 3 rings (SSSR count). The Morgan fingerprint density at radius 2 is 1.86 bits per heavy atom. The number of halogens is 4. The summed E-state index contributed by atoms with van der Waals surface area (Å²) in [6.07, 6.45) is -3.16. The van der Waals surface area contributed by atoms with Crippen molar-refractivity contribution in [3.63, 3.8) is 0 Å². The van der Waals surface area contributed by atoms with Gasteiger partial charge in [0.15, 0.2) is 0 Å². The second kappa shape index (κ2) is 7.67. The summed E-state index contributed by atoms with van der Waals surface area (Å²) in [5.74, 6) is -2.41. The largest absolute Gasteiger partial charge is 0.471 e. The number of alkyl halides is 3. The molecule has 1 aliphatic carbocycles. The zero-order chi connectivity index (χ0) is 21.4. The zero-order valence-corrected chi connectivity index (χ0v) is 16.4. The smallest absolute Gasteiger partial charge is 0.465 e. The Morgan fingerprint density at radius 3 is 2.38 bits per heavy atom. The van der Waals surface area contributed by atoms with Gasteiger partial charge < -0.3 is 10.1 Å². The molecular formula is C20H18ClF3N2O3. The van der Waals surface area contributed by atoms with Crippen molar-refractivity contribution in [1.29, 1.82) is 0 Å². The predicted molar refractivity (Wildman–Crippen MR) is 102 cm³/mol. The van der Waals surface area contributed by atoms with Crippen LogP contribution in [0.15, 0.2) is 30.3 Å². The number of benzene rings is 1. The number of rotatable bonds is 5. The average Bonchev–Trinajstić information content (AvgIpc) is 3.43. The van der Waals surface area contributed by atoms with E-state index in [1.165, 1.54) is 19.9 Å². The number of nitrogens with zero attached hydrogens (tertiary/aromatic N) is 1. The molecule has 0 saturated heterocycles. The molecule has 5 nitrogen and oxygen atoms in total. The maximum atomic E-state index is 12.5. The van der Waals surface area contributed by atoms with Crippen molar-refractivity contribution >= 4 is 29.2 Å². The van der Waals surface area contributed by atoms with E-state index in [4.69, 9.17) is 16.3 Å². The highest BCUT2D eigenvalue weighted by Crippen LogP contribution is 2.48. The molecule has 1 aliphatic rings. The third-order valence-electron chi connectivity index (χ3n) is 4.85. The Bertz CT molecular complexity index is 955. The van der Waals surface area contributed by atoms with Crippen LogP contribution >= 0.6 is 11.6 Å². The van der Waals surface area contributed by atoms with Gasteiger partial charge >= 0.3 is 18.1 Å². The minimum absolute atomic E-state index is 0.101. The SMILES string of the molecule is CC(=O)OCC1(c2ccc(-c3nc(C)c(NC(=O)C(F)(F)F)cc3Cl)cc2)CC1. The topological polar surface area (TPSA) is 68.3 Å². The van der Waals surface area contributed by atoms with Crippen molar-refractivity contribution in [2.75, 3.05) is 11.9 Å². The fourth-order valence-corrected chi connectivity index (χ4v) is 3.25. The van der Waals surface area contributed by atoms with Crippen LogP contribution in [0.2, 0.25) is 5.02 Å². The van der Waals surface area contributed by atoms with Gasteiger partial charge in [0.05, 0.1) is 22.1 Å². The summed E-state index contributed by atoms with van der Waals surface area (Å²) in [5.41, 5.74) is 2.05. The number of pyridine rings is 1. The van der Waals surface area contributed by atoms with E-state index >= 15 is 0 Å². The van der Waals surface area contributed by atoms with Gasteiger partial charge in [-0.15, -0.1) is 0 Å². The van der Waals surface area contributed by atoms with Gasteiger partial charge in [-0.25, -0.2) is 4.98 Å². The summed E-state index contributed by atoms with van der Waals surface area (Å²) < 4.78 is 42.5. The van der Waals surface area contributed by atoms with Gasteiger partial charge in [0, 0.05) is 17.9 Å². The van der Waals surface area contributed by atoms with Crippen LogP contribution < -0.4 is 5.32 Å². The normalized spacial score (nSPS) is 15.0. The van der Waals surface area contributed by atoms with Crippen LogP contribution in [-0.4, -0.2) is 29.6 Å². The van der Waals surface area contributed by atoms with Gasteiger partial charge in [-0.2, -0.15) is 13.2 Å². The number of esters is 1. The van der Waals surface area contributed by atoms with Crippen molar-refractivity contribution in [3.05, 3.63) is 46.6 Å². The Kier molecular flexibility index (Phi) is 5.58. The van der Waals surface area contributed by atoms with Crippen LogP contribution in [0.4, 0.5) is 18.9 Å². The molecule has 1 aromatic heterocycles. The molecule has 1 aromatic carbocycles. The van der Waals surface area contributed by atoms with E-state index in [9.17, 15) is 22.8 Å². The molecule has 1 saturated carbocycles. The standard InChI is InChI=1S/C20H18ClF3N2O3/c1-11-16(26-18(28)20(22,23)24)9-15(21)17(25-11)13-3-5-14(6-4-13)19(7-8-19)10-29-12(2)27/h3-6,9H,7-8,10H2,1-2H3,(H,26,28). The van der Waals surface area contributed by atoms with Gasteiger partial charge in [-0.1, -0.05) is 35.9 Å². The Labute approximate surface area is 170 Å². The molecule has 0 unspecified atom stereocenters. The van der Waals surface area contributed by atoms with E-state index < -0.39 is 12.1 Å². The average molecular weight is 427 g/mol. The molecule has 0 bridgehead atoms. The highest BCUT2D eigenvalue weighted by atomic mass is 35.5. The minimum atomic E-state index is -5.00. The van der Waals surface area contributed by atoms with Gasteiger partial charge in [0.1, 0.15) is 6.61 Å². The Hall–Kier alpha value is -2.61. The van der Waals surface area contributed by atoms with Crippen LogP contribution in [0.3, 0.4) is 0 Å². The van der Waals surface area contributed by atoms with Gasteiger partial charge in [0.25, 0.3) is 0 Å². The maximum absolute atomic E-state index is 12.5. The van der Waals surface area contributed by atoms with E-state index in [2.05, 4.69) is 4.98 Å². The highest BCUT2D eigenvalue weighted by Gasteiger charge is 2.45. The molecule has 9 heteroatoms. The summed E-state index contributed by atoms with van der Waals surface area (Å²) in [6.45, 7) is 3.18.